The summed E-state index contributed by atoms with van der Waals surface area (Å²) in [7, 11) is 0. The number of hydroxylamine groups is 1. The molecular weight excluding hydrogens is 575 g/mol. The molecule has 2 aromatic carbocycles. The van der Waals surface area contributed by atoms with Gasteiger partial charge in [0, 0.05) is 5.56 Å². The molecule has 1 fully saturated rings. The Morgan fingerprint density at radius 3 is 2.03 bits per heavy atom. The third-order valence-corrected chi connectivity index (χ3v) is 6.91. The van der Waals surface area contributed by atoms with E-state index in [4.69, 9.17) is 28.0 Å². The van der Waals surface area contributed by atoms with Gasteiger partial charge >= 0.3 is 12.4 Å². The van der Waals surface area contributed by atoms with Crippen molar-refractivity contribution in [2.75, 3.05) is 13.1 Å². The van der Waals surface area contributed by atoms with Gasteiger partial charge in [-0.2, -0.15) is 26.3 Å². The molecule has 0 radical (unpaired) electrons. The lowest BCUT2D eigenvalue weighted by Gasteiger charge is -2.47. The molecule has 15 heteroatoms. The van der Waals surface area contributed by atoms with Crippen LogP contribution in [0.25, 0.3) is 5.70 Å². The van der Waals surface area contributed by atoms with Crippen molar-refractivity contribution in [1.29, 1.82) is 0 Å². The van der Waals surface area contributed by atoms with Gasteiger partial charge in [-0.1, -0.05) is 47.5 Å². The van der Waals surface area contributed by atoms with Crippen molar-refractivity contribution in [3.05, 3.63) is 75.0 Å². The third kappa shape index (κ3) is 4.48. The van der Waals surface area contributed by atoms with Crippen molar-refractivity contribution < 1.29 is 49.9 Å². The second kappa shape index (κ2) is 8.97. The summed E-state index contributed by atoms with van der Waals surface area (Å²) in [6.07, 6.45) is -9.66. The van der Waals surface area contributed by atoms with Crippen molar-refractivity contribution in [3.63, 3.8) is 0 Å². The lowest BCUT2D eigenvalue weighted by Crippen LogP contribution is -2.66. The Hall–Kier alpha value is -2.61. The molecule has 206 valence electrons. The number of halogens is 10. The molecule has 2 atom stereocenters. The van der Waals surface area contributed by atoms with Crippen LogP contribution in [-0.4, -0.2) is 47.0 Å². The second-order valence-electron chi connectivity index (χ2n) is 9.02. The van der Waals surface area contributed by atoms with Crippen molar-refractivity contribution >= 4 is 34.8 Å². The van der Waals surface area contributed by atoms with Crippen molar-refractivity contribution in [1.82, 2.24) is 10.4 Å². The first-order valence-electron chi connectivity index (χ1n) is 10.6. The summed E-state index contributed by atoms with van der Waals surface area (Å²) in [5.41, 5.74) is -7.66. The maximum atomic E-state index is 15.2. The molecule has 2 aliphatic heterocycles. The van der Waals surface area contributed by atoms with Gasteiger partial charge in [0.2, 0.25) is 11.2 Å². The Kier molecular flexibility index (Phi) is 6.70. The lowest BCUT2D eigenvalue weighted by atomic mass is 9.85. The highest BCUT2D eigenvalue weighted by atomic mass is 35.5. The molecule has 38 heavy (non-hydrogen) atoms. The molecule has 0 aliphatic carbocycles. The van der Waals surface area contributed by atoms with E-state index in [0.717, 1.165) is 0 Å². The molecule has 0 aromatic heterocycles. The zero-order valence-corrected chi connectivity index (χ0v) is 20.5. The van der Waals surface area contributed by atoms with Crippen LogP contribution in [0.1, 0.15) is 23.6 Å². The first-order chi connectivity index (χ1) is 17.3. The number of likely N-dealkylation sites (tertiary alicyclic amines) is 1. The van der Waals surface area contributed by atoms with Gasteiger partial charge in [-0.15, -0.1) is 0 Å². The first-order valence-corrected chi connectivity index (χ1v) is 11.3. The first kappa shape index (κ1) is 28.4. The van der Waals surface area contributed by atoms with Crippen LogP contribution in [0.4, 0.5) is 35.1 Å². The number of carbonyl (C=O) groups excluding carboxylic acids is 1. The van der Waals surface area contributed by atoms with E-state index in [0.29, 0.717) is 23.1 Å². The lowest BCUT2D eigenvalue weighted by molar-refractivity contribution is -0.269. The second-order valence-corrected chi connectivity index (χ2v) is 9.84. The van der Waals surface area contributed by atoms with Crippen LogP contribution in [-0.2, 0) is 20.9 Å². The quantitative estimate of drug-likeness (QED) is 0.350. The summed E-state index contributed by atoms with van der Waals surface area (Å²) in [6.45, 7) is -1.28. The van der Waals surface area contributed by atoms with E-state index in [-0.39, 0.29) is 23.7 Å². The molecule has 4 rings (SSSR count). The topological polar surface area (TPSA) is 61.8 Å². The fourth-order valence-electron chi connectivity index (χ4n) is 4.02. The van der Waals surface area contributed by atoms with E-state index in [2.05, 4.69) is 5.48 Å². The number of hydrogen-bond donors (Lipinski definition) is 2. The van der Waals surface area contributed by atoms with Gasteiger partial charge in [-0.25, -0.2) is 8.78 Å². The van der Waals surface area contributed by atoms with Gasteiger partial charge < -0.3 is 10.0 Å². The van der Waals surface area contributed by atoms with Gasteiger partial charge in [-0.3, -0.25) is 15.1 Å². The highest BCUT2D eigenvalue weighted by Crippen LogP contribution is 2.49. The summed E-state index contributed by atoms with van der Waals surface area (Å²) in [4.78, 5) is 17.4. The predicted octanol–water partition coefficient (Wildman–Crippen LogP) is 5.79. The number of alkyl halides is 7. The number of rotatable bonds is 4. The Balaban J connectivity index is 1.57. The average Bonchev–Trinajstić information content (AvgIpc) is 3.26. The monoisotopic (exact) mass is 590 g/mol. The Morgan fingerprint density at radius 1 is 1.03 bits per heavy atom. The third-order valence-electron chi connectivity index (χ3n) is 6.36. The molecule has 2 aliphatic rings. The number of benzene rings is 2. The summed E-state index contributed by atoms with van der Waals surface area (Å²) in [6, 6.07) is 6.25. The maximum absolute atomic E-state index is 15.2. The minimum absolute atomic E-state index is 0.0596. The van der Waals surface area contributed by atoms with Gasteiger partial charge in [0.25, 0.3) is 5.91 Å². The highest BCUT2D eigenvalue weighted by molar-refractivity contribution is 6.35. The molecule has 1 amide bonds. The largest absolute Gasteiger partial charge is 0.428 e. The molecule has 0 saturated carbocycles. The van der Waals surface area contributed by atoms with Crippen LogP contribution in [0, 0.1) is 5.82 Å². The fraction of sp³-hybridized carbons (Fsp3) is 0.348. The Morgan fingerprint density at radius 2 is 1.55 bits per heavy atom. The number of aliphatic hydroxyl groups is 1. The van der Waals surface area contributed by atoms with Crippen molar-refractivity contribution in [2.45, 2.75) is 36.1 Å². The summed E-state index contributed by atoms with van der Waals surface area (Å²) >= 11 is 11.3. The van der Waals surface area contributed by atoms with Crippen LogP contribution in [0.3, 0.4) is 0 Å². The van der Waals surface area contributed by atoms with Crippen LogP contribution < -0.4 is 5.48 Å². The van der Waals surface area contributed by atoms with E-state index >= 15 is 4.39 Å². The molecule has 2 unspecified atom stereocenters. The van der Waals surface area contributed by atoms with E-state index in [9.17, 15) is 40.6 Å². The van der Waals surface area contributed by atoms with Crippen molar-refractivity contribution in [3.8, 4) is 0 Å². The van der Waals surface area contributed by atoms with Gasteiger partial charge in [0.05, 0.1) is 28.8 Å². The molecule has 2 aromatic rings. The van der Waals surface area contributed by atoms with Crippen molar-refractivity contribution in [2.24, 2.45) is 0 Å². The predicted molar refractivity (Wildman–Crippen MR) is 119 cm³/mol. The fourth-order valence-corrected chi connectivity index (χ4v) is 4.51. The van der Waals surface area contributed by atoms with E-state index in [1.54, 1.807) is 0 Å². The number of carbonyl (C=O) groups is 1. The van der Waals surface area contributed by atoms with Crippen LogP contribution in [0.15, 0.2) is 42.5 Å². The van der Waals surface area contributed by atoms with Gasteiger partial charge in [0.15, 0.2) is 11.5 Å². The number of hydrogen-bond acceptors (Lipinski definition) is 4. The standard InChI is InChI=1S/C23H16Cl2F8N2O3/c1-19(37,22(28,29)30)18(36)35-9-20(27,10-35)12-4-2-11(3-5-12)16-8-21(38-34-16,23(31,32)33)13-6-14(24)17(26)15(25)7-13/h2-8,34,37H,9-10H2,1H3. The molecule has 0 bridgehead atoms. The number of amides is 1. The molecule has 5 nitrogen and oxygen atoms in total. The highest BCUT2D eigenvalue weighted by Gasteiger charge is 2.61. The van der Waals surface area contributed by atoms with Crippen LogP contribution in [0.5, 0.6) is 0 Å². The summed E-state index contributed by atoms with van der Waals surface area (Å²) in [5, 5.41) is 8.18. The smallest absolute Gasteiger partial charge is 0.373 e. The minimum atomic E-state index is -5.26. The van der Waals surface area contributed by atoms with Gasteiger partial charge in [0.1, 0.15) is 0 Å². The Bertz CT molecular complexity index is 1280. The molecule has 1 saturated heterocycles. The Labute approximate surface area is 219 Å². The molecule has 0 spiro atoms. The number of nitrogens with one attached hydrogen (secondary N) is 1. The van der Waals surface area contributed by atoms with E-state index < -0.39 is 69.6 Å². The molecule has 2 heterocycles. The maximum Gasteiger partial charge on any atom is 0.428 e. The van der Waals surface area contributed by atoms with E-state index in [1.807, 2.05) is 0 Å². The zero-order chi connectivity index (χ0) is 28.5. The molecular formula is C23H16Cl2F8N2O3. The van der Waals surface area contributed by atoms with E-state index in [1.165, 1.54) is 24.3 Å². The summed E-state index contributed by atoms with van der Waals surface area (Å²) in [5.74, 6) is -2.82. The van der Waals surface area contributed by atoms with Crippen LogP contribution >= 0.6 is 23.2 Å². The minimum Gasteiger partial charge on any atom is -0.373 e. The number of nitrogens with zero attached hydrogens (tertiary/aromatic N) is 1. The summed E-state index contributed by atoms with van der Waals surface area (Å²) < 4.78 is 110. The normalized spacial score (nSPS) is 22.8. The zero-order valence-electron chi connectivity index (χ0n) is 18.9. The molecule has 2 N–H and O–H groups in total. The van der Waals surface area contributed by atoms with Gasteiger partial charge in [-0.05, 0) is 36.3 Å². The average molecular weight is 591 g/mol. The SMILES string of the molecule is CC(O)(C(=O)N1CC(F)(c2ccc(C3=CC(c4cc(Cl)c(F)c(Cl)c4)(C(F)(F)F)ON3)cc2)C1)C(F)(F)F. The van der Waals surface area contributed by atoms with Crippen LogP contribution in [0.2, 0.25) is 10.0 Å².